The van der Waals surface area contributed by atoms with Gasteiger partial charge in [-0.05, 0) is 80.5 Å². The lowest BCUT2D eigenvalue weighted by Gasteiger charge is -2.56. The first-order valence-electron chi connectivity index (χ1n) is 9.86. The van der Waals surface area contributed by atoms with Crippen molar-refractivity contribution in [3.63, 3.8) is 0 Å². The number of amides is 1. The van der Waals surface area contributed by atoms with Crippen LogP contribution in [0, 0.1) is 29.1 Å². The Morgan fingerprint density at radius 1 is 1.21 bits per heavy atom. The van der Waals surface area contributed by atoms with E-state index in [-0.39, 0.29) is 5.91 Å². The van der Waals surface area contributed by atoms with Gasteiger partial charge in [0.2, 0.25) is 0 Å². The molecule has 4 saturated carbocycles. The SMILES string of the molecule is C[C@H]1CCc2onc(C(=O)NCC34CC5CC(CC(C5)C3)C4)c2C1. The molecule has 0 aliphatic heterocycles. The zero-order valence-electron chi connectivity index (χ0n) is 14.6. The molecule has 1 N–H and O–H groups in total. The summed E-state index contributed by atoms with van der Waals surface area (Å²) in [7, 11) is 0. The number of nitrogens with one attached hydrogen (secondary N) is 1. The standard InChI is InChI=1S/C20H28N2O2/c1-12-2-3-17-16(4-12)18(22-24-17)19(23)21-11-20-8-13-5-14(9-20)7-15(6-13)10-20/h12-15H,2-11H2,1H3,(H,21,23)/t12-,13?,14?,15?,20?/m0/s1. The fraction of sp³-hybridized carbons (Fsp3) is 0.800. The molecule has 0 spiro atoms. The number of fused-ring (bicyclic) bond motifs is 1. The lowest BCUT2D eigenvalue weighted by atomic mass is 9.49. The smallest absolute Gasteiger partial charge is 0.273 e. The highest BCUT2D eigenvalue weighted by atomic mass is 16.5. The molecule has 5 aliphatic rings. The Morgan fingerprint density at radius 2 is 1.88 bits per heavy atom. The summed E-state index contributed by atoms with van der Waals surface area (Å²) in [6, 6.07) is 0. The van der Waals surface area contributed by atoms with Crippen LogP contribution < -0.4 is 5.32 Å². The van der Waals surface area contributed by atoms with E-state index >= 15 is 0 Å². The number of carbonyl (C=O) groups excluding carboxylic acids is 1. The minimum atomic E-state index is -0.00940. The molecule has 4 bridgehead atoms. The average Bonchev–Trinajstić information content (AvgIpc) is 2.94. The molecule has 1 aromatic rings. The second kappa shape index (κ2) is 5.34. The molecule has 1 atom stereocenters. The number of carbonyl (C=O) groups is 1. The predicted octanol–water partition coefficient (Wildman–Crippen LogP) is 3.75. The Morgan fingerprint density at radius 3 is 2.54 bits per heavy atom. The maximum absolute atomic E-state index is 12.7. The minimum Gasteiger partial charge on any atom is -0.360 e. The topological polar surface area (TPSA) is 55.1 Å². The van der Waals surface area contributed by atoms with Gasteiger partial charge in [-0.2, -0.15) is 0 Å². The average molecular weight is 328 g/mol. The van der Waals surface area contributed by atoms with Crippen molar-refractivity contribution >= 4 is 5.91 Å². The molecule has 4 fully saturated rings. The molecule has 4 nitrogen and oxygen atoms in total. The van der Waals surface area contributed by atoms with E-state index in [9.17, 15) is 4.79 Å². The summed E-state index contributed by atoms with van der Waals surface area (Å²) in [4.78, 5) is 12.7. The first-order chi connectivity index (χ1) is 11.6. The van der Waals surface area contributed by atoms with Crippen molar-refractivity contribution in [3.05, 3.63) is 17.0 Å². The van der Waals surface area contributed by atoms with Gasteiger partial charge in [0.1, 0.15) is 5.76 Å². The Labute approximate surface area is 143 Å². The van der Waals surface area contributed by atoms with Gasteiger partial charge in [0.25, 0.3) is 5.91 Å². The van der Waals surface area contributed by atoms with Crippen LogP contribution in [0.4, 0.5) is 0 Å². The highest BCUT2D eigenvalue weighted by Crippen LogP contribution is 2.59. The van der Waals surface area contributed by atoms with E-state index in [0.29, 0.717) is 17.0 Å². The molecular weight excluding hydrogens is 300 g/mol. The summed E-state index contributed by atoms with van der Waals surface area (Å²) in [6.45, 7) is 3.08. The van der Waals surface area contributed by atoms with Crippen molar-refractivity contribution in [2.24, 2.45) is 29.1 Å². The van der Waals surface area contributed by atoms with E-state index in [0.717, 1.165) is 54.9 Å². The van der Waals surface area contributed by atoms with Crippen LogP contribution in [0.25, 0.3) is 0 Å². The third-order valence-corrected chi connectivity index (χ3v) is 7.29. The first kappa shape index (κ1) is 15.0. The summed E-state index contributed by atoms with van der Waals surface area (Å²) in [5.74, 6) is 4.32. The van der Waals surface area contributed by atoms with Crippen LogP contribution in [0.2, 0.25) is 0 Å². The Bertz CT molecular complexity index is 627. The van der Waals surface area contributed by atoms with Crippen LogP contribution in [-0.4, -0.2) is 17.6 Å². The monoisotopic (exact) mass is 328 g/mol. The molecular formula is C20H28N2O2. The quantitative estimate of drug-likeness (QED) is 0.919. The fourth-order valence-electron chi connectivity index (χ4n) is 6.61. The lowest BCUT2D eigenvalue weighted by Crippen LogP contribution is -2.51. The van der Waals surface area contributed by atoms with E-state index in [1.165, 1.54) is 38.5 Å². The van der Waals surface area contributed by atoms with Crippen LogP contribution in [0.5, 0.6) is 0 Å². The predicted molar refractivity (Wildman–Crippen MR) is 90.6 cm³/mol. The molecule has 130 valence electrons. The fourth-order valence-corrected chi connectivity index (χ4v) is 6.61. The zero-order valence-corrected chi connectivity index (χ0v) is 14.6. The normalized spacial score (nSPS) is 39.7. The van der Waals surface area contributed by atoms with Gasteiger partial charge in [0, 0.05) is 18.5 Å². The minimum absolute atomic E-state index is 0.00940. The largest absolute Gasteiger partial charge is 0.360 e. The number of nitrogens with zero attached hydrogens (tertiary/aromatic N) is 1. The van der Waals surface area contributed by atoms with E-state index in [2.05, 4.69) is 17.4 Å². The van der Waals surface area contributed by atoms with Crippen LogP contribution >= 0.6 is 0 Å². The zero-order chi connectivity index (χ0) is 16.3. The van der Waals surface area contributed by atoms with Gasteiger partial charge in [-0.3, -0.25) is 4.79 Å². The molecule has 0 aromatic carbocycles. The maximum Gasteiger partial charge on any atom is 0.273 e. The van der Waals surface area contributed by atoms with Gasteiger partial charge in [-0.15, -0.1) is 0 Å². The molecule has 1 aromatic heterocycles. The summed E-state index contributed by atoms with van der Waals surface area (Å²) in [5.41, 5.74) is 2.00. The summed E-state index contributed by atoms with van der Waals surface area (Å²) >= 11 is 0. The molecule has 4 heteroatoms. The number of hydrogen-bond donors (Lipinski definition) is 1. The van der Waals surface area contributed by atoms with Gasteiger partial charge in [-0.25, -0.2) is 0 Å². The highest BCUT2D eigenvalue weighted by molar-refractivity contribution is 5.93. The summed E-state index contributed by atoms with van der Waals surface area (Å²) in [6.07, 6.45) is 11.3. The number of aryl methyl sites for hydroxylation is 1. The maximum atomic E-state index is 12.7. The Hall–Kier alpha value is -1.32. The van der Waals surface area contributed by atoms with Crippen LogP contribution in [0.1, 0.15) is 73.7 Å². The number of hydrogen-bond acceptors (Lipinski definition) is 3. The van der Waals surface area contributed by atoms with Gasteiger partial charge in [0.05, 0.1) is 0 Å². The molecule has 0 saturated heterocycles. The van der Waals surface area contributed by atoms with Gasteiger partial charge >= 0.3 is 0 Å². The third kappa shape index (κ3) is 2.41. The summed E-state index contributed by atoms with van der Waals surface area (Å²) in [5, 5.41) is 7.36. The lowest BCUT2D eigenvalue weighted by molar-refractivity contribution is -0.0503. The first-order valence-corrected chi connectivity index (χ1v) is 9.86. The van der Waals surface area contributed by atoms with Crippen LogP contribution in [0.3, 0.4) is 0 Å². The molecule has 1 amide bonds. The second-order valence-electron chi connectivity index (χ2n) is 9.38. The van der Waals surface area contributed by atoms with Crippen LogP contribution in [0.15, 0.2) is 4.52 Å². The van der Waals surface area contributed by atoms with Gasteiger partial charge < -0.3 is 9.84 Å². The van der Waals surface area contributed by atoms with Crippen molar-refractivity contribution in [3.8, 4) is 0 Å². The molecule has 0 unspecified atom stereocenters. The van der Waals surface area contributed by atoms with Crippen LogP contribution in [-0.2, 0) is 12.8 Å². The Balaban J connectivity index is 1.29. The van der Waals surface area contributed by atoms with E-state index in [1.54, 1.807) is 0 Å². The van der Waals surface area contributed by atoms with Crippen molar-refractivity contribution < 1.29 is 9.32 Å². The van der Waals surface area contributed by atoms with E-state index in [1.807, 2.05) is 0 Å². The molecule has 5 aliphatic carbocycles. The molecule has 24 heavy (non-hydrogen) atoms. The van der Waals surface area contributed by atoms with Gasteiger partial charge in [0.15, 0.2) is 5.69 Å². The van der Waals surface area contributed by atoms with E-state index in [4.69, 9.17) is 4.52 Å². The number of rotatable bonds is 3. The second-order valence-corrected chi connectivity index (χ2v) is 9.38. The molecule has 6 rings (SSSR count). The third-order valence-electron chi connectivity index (χ3n) is 7.29. The molecule has 0 radical (unpaired) electrons. The van der Waals surface area contributed by atoms with E-state index < -0.39 is 0 Å². The van der Waals surface area contributed by atoms with Crippen molar-refractivity contribution in [1.29, 1.82) is 0 Å². The number of aromatic nitrogens is 1. The van der Waals surface area contributed by atoms with Crippen molar-refractivity contribution in [2.75, 3.05) is 6.54 Å². The highest BCUT2D eigenvalue weighted by Gasteiger charge is 2.50. The van der Waals surface area contributed by atoms with Gasteiger partial charge in [-0.1, -0.05) is 12.1 Å². The molecule has 1 heterocycles. The van der Waals surface area contributed by atoms with Crippen molar-refractivity contribution in [1.82, 2.24) is 10.5 Å². The van der Waals surface area contributed by atoms with Crippen molar-refractivity contribution in [2.45, 2.75) is 64.7 Å². The summed E-state index contributed by atoms with van der Waals surface area (Å²) < 4.78 is 5.44. The Kier molecular flexibility index (Phi) is 3.33.